The first-order valence-electron chi connectivity index (χ1n) is 4.76. The Morgan fingerprint density at radius 3 is 2.85 bits per heavy atom. The molecule has 0 aromatic heterocycles. The van der Waals surface area contributed by atoms with Crippen LogP contribution in [0, 0.1) is 0 Å². The molecule has 70 valence electrons. The lowest BCUT2D eigenvalue weighted by molar-refractivity contribution is 0.180. The first kappa shape index (κ1) is 8.57. The van der Waals surface area contributed by atoms with Gasteiger partial charge in [-0.25, -0.2) is 0 Å². The van der Waals surface area contributed by atoms with Crippen LogP contribution < -0.4 is 10.1 Å². The van der Waals surface area contributed by atoms with Crippen molar-refractivity contribution in [1.29, 1.82) is 0 Å². The molecule has 1 aromatic carbocycles. The summed E-state index contributed by atoms with van der Waals surface area (Å²) in [5.41, 5.74) is 1.31. The zero-order valence-corrected chi connectivity index (χ0v) is 8.08. The number of ether oxygens (including phenoxy) is 1. The van der Waals surface area contributed by atoms with Crippen LogP contribution in [0.5, 0.6) is 5.75 Å². The molecule has 1 atom stereocenters. The molecule has 1 aromatic rings. The Kier molecular flexibility index (Phi) is 2.23. The summed E-state index contributed by atoms with van der Waals surface area (Å²) in [4.78, 5) is 0. The van der Waals surface area contributed by atoms with Gasteiger partial charge in [-0.05, 0) is 25.5 Å². The van der Waals surface area contributed by atoms with Crippen molar-refractivity contribution in [3.8, 4) is 5.75 Å². The van der Waals surface area contributed by atoms with Crippen LogP contribution in [0.2, 0.25) is 0 Å². The van der Waals surface area contributed by atoms with Crippen molar-refractivity contribution in [3.05, 3.63) is 29.8 Å². The van der Waals surface area contributed by atoms with E-state index < -0.39 is 0 Å². The monoisotopic (exact) mass is 177 g/mol. The molecular formula is C11H15NO. The summed E-state index contributed by atoms with van der Waals surface area (Å²) in [6.45, 7) is 4.26. The number of rotatable bonds is 2. The van der Waals surface area contributed by atoms with E-state index in [4.69, 9.17) is 4.74 Å². The molecule has 0 radical (unpaired) electrons. The molecule has 0 spiro atoms. The third-order valence-electron chi connectivity index (χ3n) is 2.17. The summed E-state index contributed by atoms with van der Waals surface area (Å²) in [6.07, 6.45) is 1.14. The fourth-order valence-corrected chi connectivity index (χ4v) is 1.65. The maximum atomic E-state index is 5.71. The van der Waals surface area contributed by atoms with E-state index in [0.717, 1.165) is 12.2 Å². The standard InChI is InChI=1S/C11H15NO/c1-8(2)12-11-7-9-5-3-4-6-10(9)13-11/h3-6,8,11-12H,7H2,1-2H3. The Bertz CT molecular complexity index is 271. The minimum absolute atomic E-state index is 0.164. The van der Waals surface area contributed by atoms with E-state index in [0.29, 0.717) is 6.04 Å². The molecular weight excluding hydrogens is 162 g/mol. The van der Waals surface area contributed by atoms with E-state index in [9.17, 15) is 0 Å². The summed E-state index contributed by atoms with van der Waals surface area (Å²) in [5, 5.41) is 3.37. The van der Waals surface area contributed by atoms with Crippen molar-refractivity contribution in [2.45, 2.75) is 32.5 Å². The van der Waals surface area contributed by atoms with Crippen LogP contribution in [0.3, 0.4) is 0 Å². The van der Waals surface area contributed by atoms with E-state index in [1.165, 1.54) is 5.56 Å². The van der Waals surface area contributed by atoms with Crippen molar-refractivity contribution >= 4 is 0 Å². The molecule has 0 saturated heterocycles. The molecule has 1 aliphatic heterocycles. The Balaban J connectivity index is 2.05. The summed E-state index contributed by atoms with van der Waals surface area (Å²) in [7, 11) is 0. The van der Waals surface area contributed by atoms with Gasteiger partial charge in [0.2, 0.25) is 0 Å². The smallest absolute Gasteiger partial charge is 0.154 e. The van der Waals surface area contributed by atoms with Crippen molar-refractivity contribution in [2.24, 2.45) is 0 Å². The lowest BCUT2D eigenvalue weighted by Crippen LogP contribution is -2.37. The van der Waals surface area contributed by atoms with Crippen LogP contribution in [0.15, 0.2) is 24.3 Å². The van der Waals surface area contributed by atoms with E-state index in [2.05, 4.69) is 31.3 Å². The maximum absolute atomic E-state index is 5.71. The van der Waals surface area contributed by atoms with Gasteiger partial charge in [-0.1, -0.05) is 18.2 Å². The SMILES string of the molecule is CC(C)NC1Cc2ccccc2O1. The van der Waals surface area contributed by atoms with Crippen LogP contribution >= 0.6 is 0 Å². The Hall–Kier alpha value is -1.02. The van der Waals surface area contributed by atoms with Gasteiger partial charge >= 0.3 is 0 Å². The van der Waals surface area contributed by atoms with Crippen LogP contribution in [-0.2, 0) is 6.42 Å². The third-order valence-corrected chi connectivity index (χ3v) is 2.17. The second-order valence-corrected chi connectivity index (χ2v) is 3.74. The maximum Gasteiger partial charge on any atom is 0.154 e. The lowest BCUT2D eigenvalue weighted by atomic mass is 10.1. The molecule has 2 heteroatoms. The van der Waals surface area contributed by atoms with Crippen LogP contribution in [-0.4, -0.2) is 12.3 Å². The molecule has 1 unspecified atom stereocenters. The van der Waals surface area contributed by atoms with E-state index in [-0.39, 0.29) is 6.23 Å². The average molecular weight is 177 g/mol. The van der Waals surface area contributed by atoms with E-state index in [1.54, 1.807) is 0 Å². The number of nitrogens with one attached hydrogen (secondary N) is 1. The Morgan fingerprint density at radius 2 is 2.15 bits per heavy atom. The number of fused-ring (bicyclic) bond motifs is 1. The number of hydrogen-bond donors (Lipinski definition) is 1. The minimum Gasteiger partial charge on any atom is -0.475 e. The van der Waals surface area contributed by atoms with Gasteiger partial charge in [0, 0.05) is 12.5 Å². The molecule has 0 bridgehead atoms. The third kappa shape index (κ3) is 1.83. The summed E-state index contributed by atoms with van der Waals surface area (Å²) >= 11 is 0. The molecule has 0 saturated carbocycles. The first-order valence-corrected chi connectivity index (χ1v) is 4.76. The predicted octanol–water partition coefficient (Wildman–Crippen LogP) is 1.95. The summed E-state index contributed by atoms with van der Waals surface area (Å²) < 4.78 is 5.71. The van der Waals surface area contributed by atoms with Gasteiger partial charge in [0.05, 0.1) is 0 Å². The Morgan fingerprint density at radius 1 is 1.38 bits per heavy atom. The summed E-state index contributed by atoms with van der Waals surface area (Å²) in [5.74, 6) is 1.03. The van der Waals surface area contributed by atoms with Crippen LogP contribution in [0.25, 0.3) is 0 Å². The zero-order chi connectivity index (χ0) is 9.26. The minimum atomic E-state index is 0.164. The fraction of sp³-hybridized carbons (Fsp3) is 0.455. The summed E-state index contributed by atoms with van der Waals surface area (Å²) in [6, 6.07) is 8.69. The van der Waals surface area contributed by atoms with Gasteiger partial charge < -0.3 is 4.74 Å². The molecule has 1 N–H and O–H groups in total. The molecule has 0 fully saturated rings. The second kappa shape index (κ2) is 3.38. The molecule has 2 nitrogen and oxygen atoms in total. The van der Waals surface area contributed by atoms with Gasteiger partial charge in [0.25, 0.3) is 0 Å². The topological polar surface area (TPSA) is 21.3 Å². The highest BCUT2D eigenvalue weighted by Crippen LogP contribution is 2.26. The quantitative estimate of drug-likeness (QED) is 0.745. The Labute approximate surface area is 78.9 Å². The second-order valence-electron chi connectivity index (χ2n) is 3.74. The molecule has 2 rings (SSSR count). The van der Waals surface area contributed by atoms with Crippen molar-refractivity contribution in [2.75, 3.05) is 0 Å². The number of hydrogen-bond acceptors (Lipinski definition) is 2. The van der Waals surface area contributed by atoms with Gasteiger partial charge in [-0.2, -0.15) is 0 Å². The predicted molar refractivity (Wildman–Crippen MR) is 52.8 cm³/mol. The van der Waals surface area contributed by atoms with Crippen molar-refractivity contribution < 1.29 is 4.74 Å². The number of benzene rings is 1. The molecule has 1 heterocycles. The van der Waals surface area contributed by atoms with Crippen LogP contribution in [0.1, 0.15) is 19.4 Å². The number of para-hydroxylation sites is 1. The highest BCUT2D eigenvalue weighted by molar-refractivity contribution is 5.36. The van der Waals surface area contributed by atoms with Crippen LogP contribution in [0.4, 0.5) is 0 Å². The highest BCUT2D eigenvalue weighted by Gasteiger charge is 2.21. The highest BCUT2D eigenvalue weighted by atomic mass is 16.5. The molecule has 1 aliphatic rings. The largest absolute Gasteiger partial charge is 0.475 e. The average Bonchev–Trinajstić information content (AvgIpc) is 2.44. The van der Waals surface area contributed by atoms with Gasteiger partial charge in [0.1, 0.15) is 5.75 Å². The fourth-order valence-electron chi connectivity index (χ4n) is 1.65. The molecule has 0 amide bonds. The van der Waals surface area contributed by atoms with E-state index >= 15 is 0 Å². The van der Waals surface area contributed by atoms with Gasteiger partial charge in [0.15, 0.2) is 6.23 Å². The first-order chi connectivity index (χ1) is 6.25. The van der Waals surface area contributed by atoms with Gasteiger partial charge in [-0.15, -0.1) is 0 Å². The van der Waals surface area contributed by atoms with Crippen molar-refractivity contribution in [3.63, 3.8) is 0 Å². The molecule has 13 heavy (non-hydrogen) atoms. The van der Waals surface area contributed by atoms with Crippen molar-refractivity contribution in [1.82, 2.24) is 5.32 Å². The normalized spacial score (nSPS) is 20.1. The van der Waals surface area contributed by atoms with Gasteiger partial charge in [-0.3, -0.25) is 5.32 Å². The van der Waals surface area contributed by atoms with E-state index in [1.807, 2.05) is 12.1 Å². The lowest BCUT2D eigenvalue weighted by Gasteiger charge is -2.15. The zero-order valence-electron chi connectivity index (χ0n) is 8.08. The molecule has 0 aliphatic carbocycles.